The number of hydrogen-bond donors (Lipinski definition) is 1. The maximum Gasteiger partial charge on any atom is 0.251 e. The molecule has 0 radical (unpaired) electrons. The molecule has 1 saturated heterocycles. The molecular weight excluding hydrogens is 322 g/mol. The molecule has 1 N–H and O–H groups in total. The molecule has 0 amide bonds. The Labute approximate surface area is 150 Å². The highest BCUT2D eigenvalue weighted by Gasteiger charge is 2.25. The molecule has 25 heavy (non-hydrogen) atoms. The number of nitrogens with zero attached hydrogens (tertiary/aromatic N) is 1. The Bertz CT molecular complexity index is 502. The van der Waals surface area contributed by atoms with Gasteiger partial charge >= 0.3 is 0 Å². The van der Waals surface area contributed by atoms with Crippen LogP contribution in [-0.4, -0.2) is 43.6 Å². The lowest BCUT2D eigenvalue weighted by Gasteiger charge is -2.35. The monoisotopic (exact) mass is 354 g/mol. The molecular formula is C20H32F2N2O. The number of halogens is 2. The van der Waals surface area contributed by atoms with Gasteiger partial charge in [-0.2, -0.15) is 0 Å². The second-order valence-electron chi connectivity index (χ2n) is 7.29. The van der Waals surface area contributed by atoms with E-state index in [1.165, 1.54) is 5.56 Å². The van der Waals surface area contributed by atoms with Crippen LogP contribution in [0, 0.1) is 5.92 Å². The lowest BCUT2D eigenvalue weighted by atomic mass is 9.94. The Hall–Kier alpha value is -1.20. The smallest absolute Gasteiger partial charge is 0.251 e. The molecule has 5 heteroatoms. The van der Waals surface area contributed by atoms with Gasteiger partial charge in [-0.05, 0) is 51.3 Å². The topological polar surface area (TPSA) is 24.5 Å². The number of para-hydroxylation sites is 1. The summed E-state index contributed by atoms with van der Waals surface area (Å²) in [5.74, 6) is 1.50. The third-order valence-corrected chi connectivity index (χ3v) is 4.72. The third kappa shape index (κ3) is 6.55. The first-order valence-electron chi connectivity index (χ1n) is 9.47. The van der Waals surface area contributed by atoms with Crippen molar-refractivity contribution in [2.24, 2.45) is 5.92 Å². The Morgan fingerprint density at radius 2 is 1.88 bits per heavy atom. The molecule has 0 aromatic heterocycles. The Kier molecular flexibility index (Phi) is 8.10. The van der Waals surface area contributed by atoms with E-state index >= 15 is 0 Å². The number of alkyl halides is 2. The van der Waals surface area contributed by atoms with Crippen LogP contribution in [0.2, 0.25) is 0 Å². The number of piperidine rings is 1. The van der Waals surface area contributed by atoms with Crippen molar-refractivity contribution in [2.75, 3.05) is 26.2 Å². The first-order valence-corrected chi connectivity index (χ1v) is 9.47. The summed E-state index contributed by atoms with van der Waals surface area (Å²) in [5, 5.41) is 3.78. The lowest BCUT2D eigenvalue weighted by Crippen LogP contribution is -2.45. The number of rotatable bonds is 9. The van der Waals surface area contributed by atoms with Crippen LogP contribution < -0.4 is 10.1 Å². The highest BCUT2D eigenvalue weighted by atomic mass is 19.3. The molecule has 0 bridgehead atoms. The zero-order valence-corrected chi connectivity index (χ0v) is 15.7. The van der Waals surface area contributed by atoms with Crippen molar-refractivity contribution in [2.45, 2.75) is 58.5 Å². The van der Waals surface area contributed by atoms with Gasteiger partial charge in [-0.25, -0.2) is 8.78 Å². The van der Waals surface area contributed by atoms with E-state index in [1.54, 1.807) is 0 Å². The minimum atomic E-state index is -2.24. The molecule has 3 nitrogen and oxygen atoms in total. The molecule has 1 aromatic carbocycles. The van der Waals surface area contributed by atoms with Crippen molar-refractivity contribution < 1.29 is 13.5 Å². The van der Waals surface area contributed by atoms with Crippen LogP contribution in [0.15, 0.2) is 24.3 Å². The molecule has 0 unspecified atom stereocenters. The highest BCUT2D eigenvalue weighted by Crippen LogP contribution is 2.31. The van der Waals surface area contributed by atoms with E-state index < -0.39 is 6.43 Å². The average molecular weight is 354 g/mol. The molecule has 1 atom stereocenters. The third-order valence-electron chi connectivity index (χ3n) is 4.72. The highest BCUT2D eigenvalue weighted by molar-refractivity contribution is 5.36. The summed E-state index contributed by atoms with van der Waals surface area (Å²) in [6, 6.07) is 8.82. The molecule has 0 spiro atoms. The zero-order chi connectivity index (χ0) is 18.2. The predicted molar refractivity (Wildman–Crippen MR) is 98.4 cm³/mol. The number of ether oxygens (including phenoxy) is 1. The van der Waals surface area contributed by atoms with Crippen molar-refractivity contribution in [1.82, 2.24) is 10.2 Å². The summed E-state index contributed by atoms with van der Waals surface area (Å²) in [4.78, 5) is 1.87. The molecule has 1 aliphatic rings. The fraction of sp³-hybridized carbons (Fsp3) is 0.700. The molecule has 0 saturated carbocycles. The van der Waals surface area contributed by atoms with Crippen LogP contribution in [0.4, 0.5) is 8.78 Å². The van der Waals surface area contributed by atoms with Crippen LogP contribution in [-0.2, 0) is 0 Å². The minimum Gasteiger partial charge on any atom is -0.494 e. The summed E-state index contributed by atoms with van der Waals surface area (Å²) in [5.41, 5.74) is 1.20. The fourth-order valence-electron chi connectivity index (χ4n) is 3.57. The Morgan fingerprint density at radius 1 is 1.20 bits per heavy atom. The van der Waals surface area contributed by atoms with Crippen LogP contribution in [0.5, 0.6) is 5.75 Å². The van der Waals surface area contributed by atoms with E-state index in [-0.39, 0.29) is 12.6 Å². The molecule has 1 aromatic rings. The zero-order valence-electron chi connectivity index (χ0n) is 15.7. The molecule has 0 aliphatic carbocycles. The van der Waals surface area contributed by atoms with E-state index in [0.29, 0.717) is 18.6 Å². The van der Waals surface area contributed by atoms with E-state index in [1.807, 2.05) is 24.0 Å². The number of hydrogen-bond acceptors (Lipinski definition) is 3. The van der Waals surface area contributed by atoms with Crippen molar-refractivity contribution in [1.29, 1.82) is 0 Å². The largest absolute Gasteiger partial charge is 0.494 e. The second-order valence-corrected chi connectivity index (χ2v) is 7.29. The molecule has 1 aliphatic heterocycles. The normalized spacial score (nSPS) is 18.0. The van der Waals surface area contributed by atoms with Crippen molar-refractivity contribution in [3.05, 3.63) is 29.8 Å². The lowest BCUT2D eigenvalue weighted by molar-refractivity contribution is 0.0716. The number of benzene rings is 1. The predicted octanol–water partition coefficient (Wildman–Crippen LogP) is 4.49. The average Bonchev–Trinajstić information content (AvgIpc) is 2.56. The summed E-state index contributed by atoms with van der Waals surface area (Å²) < 4.78 is 30.9. The van der Waals surface area contributed by atoms with Crippen LogP contribution in [0.3, 0.4) is 0 Å². The van der Waals surface area contributed by atoms with Gasteiger partial charge in [0, 0.05) is 17.6 Å². The minimum absolute atomic E-state index is 0.102. The maximum absolute atomic E-state index is 12.5. The summed E-state index contributed by atoms with van der Waals surface area (Å²) in [6.07, 6.45) is 0.619. The summed E-state index contributed by atoms with van der Waals surface area (Å²) in [6.45, 7) is 8.48. The van der Waals surface area contributed by atoms with Crippen molar-refractivity contribution in [3.63, 3.8) is 0 Å². The van der Waals surface area contributed by atoms with Gasteiger partial charge in [0.05, 0.1) is 13.2 Å². The van der Waals surface area contributed by atoms with Gasteiger partial charge in [0.2, 0.25) is 0 Å². The summed E-state index contributed by atoms with van der Waals surface area (Å²) in [7, 11) is 0. The van der Waals surface area contributed by atoms with E-state index in [4.69, 9.17) is 4.74 Å². The van der Waals surface area contributed by atoms with Crippen LogP contribution in [0.1, 0.15) is 51.6 Å². The van der Waals surface area contributed by atoms with Gasteiger partial charge < -0.3 is 10.1 Å². The van der Waals surface area contributed by atoms with Gasteiger partial charge in [-0.15, -0.1) is 0 Å². The van der Waals surface area contributed by atoms with Gasteiger partial charge in [0.1, 0.15) is 5.75 Å². The maximum atomic E-state index is 12.5. The summed E-state index contributed by atoms with van der Waals surface area (Å²) >= 11 is 0. The standard InChI is InChI=1S/C20H32F2N2O/c1-4-25-19-8-6-5-7-17(19)18(13-15(2)3)23-16-9-11-24(12-10-16)14-20(21)22/h5-8,15-16,18,20,23H,4,9-14H2,1-3H3/t18-/m0/s1. The van der Waals surface area contributed by atoms with Crippen LogP contribution in [0.25, 0.3) is 0 Å². The van der Waals surface area contributed by atoms with Gasteiger partial charge in [-0.1, -0.05) is 32.0 Å². The van der Waals surface area contributed by atoms with E-state index in [9.17, 15) is 8.78 Å². The first kappa shape index (κ1) is 20.1. The van der Waals surface area contributed by atoms with Gasteiger partial charge in [0.15, 0.2) is 0 Å². The van der Waals surface area contributed by atoms with E-state index in [2.05, 4.69) is 31.3 Å². The quantitative estimate of drug-likeness (QED) is 0.707. The molecule has 142 valence electrons. The van der Waals surface area contributed by atoms with Crippen molar-refractivity contribution >= 4 is 0 Å². The number of nitrogens with one attached hydrogen (secondary N) is 1. The molecule has 1 heterocycles. The van der Waals surface area contributed by atoms with Crippen LogP contribution >= 0.6 is 0 Å². The molecule has 1 fully saturated rings. The van der Waals surface area contributed by atoms with Gasteiger partial charge in [-0.3, -0.25) is 4.90 Å². The van der Waals surface area contributed by atoms with Gasteiger partial charge in [0.25, 0.3) is 6.43 Å². The van der Waals surface area contributed by atoms with Crippen molar-refractivity contribution in [3.8, 4) is 5.75 Å². The Morgan fingerprint density at radius 3 is 2.48 bits per heavy atom. The molecule has 2 rings (SSSR count). The second kappa shape index (κ2) is 10.1. The van der Waals surface area contributed by atoms with E-state index in [0.717, 1.165) is 38.1 Å². The first-order chi connectivity index (χ1) is 12.0. The number of likely N-dealkylation sites (tertiary alicyclic amines) is 1. The fourth-order valence-corrected chi connectivity index (χ4v) is 3.57. The Balaban J connectivity index is 2.02. The SMILES string of the molecule is CCOc1ccccc1[C@H](CC(C)C)NC1CCN(CC(F)F)CC1.